The summed E-state index contributed by atoms with van der Waals surface area (Å²) in [5, 5.41) is 6.34. The van der Waals surface area contributed by atoms with Gasteiger partial charge in [-0.3, -0.25) is 9.69 Å². The van der Waals surface area contributed by atoms with Crippen molar-refractivity contribution < 1.29 is 9.53 Å². The van der Waals surface area contributed by atoms with E-state index in [9.17, 15) is 4.79 Å². The van der Waals surface area contributed by atoms with Crippen LogP contribution in [0.1, 0.15) is 19.4 Å². The van der Waals surface area contributed by atoms with Gasteiger partial charge in [-0.05, 0) is 31.5 Å². The highest BCUT2D eigenvalue weighted by Gasteiger charge is 2.30. The molecule has 5 nitrogen and oxygen atoms in total. The molecule has 1 aromatic carbocycles. The molecule has 0 atom stereocenters. The van der Waals surface area contributed by atoms with Gasteiger partial charge in [0, 0.05) is 31.7 Å². The summed E-state index contributed by atoms with van der Waals surface area (Å²) in [4.78, 5) is 14.3. The lowest BCUT2D eigenvalue weighted by Gasteiger charge is -2.42. The van der Waals surface area contributed by atoms with Crippen LogP contribution >= 0.6 is 0 Å². The van der Waals surface area contributed by atoms with Crippen LogP contribution in [0.2, 0.25) is 0 Å². The van der Waals surface area contributed by atoms with Gasteiger partial charge in [-0.25, -0.2) is 0 Å². The van der Waals surface area contributed by atoms with Crippen LogP contribution in [-0.4, -0.2) is 49.6 Å². The number of nitrogens with zero attached hydrogens (tertiary/aromatic N) is 1. The molecule has 0 aromatic heterocycles. The zero-order valence-corrected chi connectivity index (χ0v) is 13.1. The minimum absolute atomic E-state index is 0.0194. The summed E-state index contributed by atoms with van der Waals surface area (Å²) in [5.41, 5.74) is 1.06. The van der Waals surface area contributed by atoms with Crippen molar-refractivity contribution in [2.75, 3.05) is 33.3 Å². The Morgan fingerprint density at radius 1 is 1.48 bits per heavy atom. The lowest BCUT2D eigenvalue weighted by atomic mass is 10.0. The number of methoxy groups -OCH3 is 1. The highest BCUT2D eigenvalue weighted by Crippen LogP contribution is 2.15. The third-order valence-electron chi connectivity index (χ3n) is 3.93. The van der Waals surface area contributed by atoms with Crippen molar-refractivity contribution in [2.45, 2.75) is 25.9 Å². The summed E-state index contributed by atoms with van der Waals surface area (Å²) in [6.45, 7) is 8.05. The number of amides is 1. The van der Waals surface area contributed by atoms with Crippen LogP contribution in [0.3, 0.4) is 0 Å². The average molecular weight is 291 g/mol. The summed E-state index contributed by atoms with van der Waals surface area (Å²) in [6, 6.07) is 7.75. The average Bonchev–Trinajstić information content (AvgIpc) is 2.47. The van der Waals surface area contributed by atoms with Crippen molar-refractivity contribution in [3.63, 3.8) is 0 Å². The molecular formula is C16H25N3O2. The number of piperazine rings is 1. The Kier molecular flexibility index (Phi) is 5.20. The van der Waals surface area contributed by atoms with Gasteiger partial charge in [-0.1, -0.05) is 12.1 Å². The van der Waals surface area contributed by atoms with E-state index in [0.29, 0.717) is 13.1 Å². The minimum atomic E-state index is 0.0194. The first-order valence-electron chi connectivity index (χ1n) is 7.37. The first kappa shape index (κ1) is 15.8. The molecule has 0 saturated carbocycles. The second-order valence-electron chi connectivity index (χ2n) is 6.04. The molecular weight excluding hydrogens is 266 g/mol. The summed E-state index contributed by atoms with van der Waals surface area (Å²) in [6.07, 6.45) is 0. The van der Waals surface area contributed by atoms with E-state index >= 15 is 0 Å². The van der Waals surface area contributed by atoms with Crippen molar-refractivity contribution in [2.24, 2.45) is 0 Å². The van der Waals surface area contributed by atoms with Gasteiger partial charge >= 0.3 is 0 Å². The van der Waals surface area contributed by atoms with E-state index in [4.69, 9.17) is 4.74 Å². The van der Waals surface area contributed by atoms with Gasteiger partial charge in [0.25, 0.3) is 0 Å². The molecule has 5 heteroatoms. The smallest absolute Gasteiger partial charge is 0.234 e. The van der Waals surface area contributed by atoms with Crippen LogP contribution in [0.25, 0.3) is 0 Å². The van der Waals surface area contributed by atoms with Crippen molar-refractivity contribution in [1.29, 1.82) is 0 Å². The number of carbonyl (C=O) groups is 1. The van der Waals surface area contributed by atoms with Crippen LogP contribution in [-0.2, 0) is 11.3 Å². The number of nitrogens with one attached hydrogen (secondary N) is 2. The van der Waals surface area contributed by atoms with Crippen LogP contribution in [0, 0.1) is 0 Å². The molecule has 1 aliphatic rings. The zero-order chi connectivity index (χ0) is 15.3. The van der Waals surface area contributed by atoms with E-state index in [1.54, 1.807) is 7.11 Å². The van der Waals surface area contributed by atoms with E-state index in [1.165, 1.54) is 0 Å². The van der Waals surface area contributed by atoms with Gasteiger partial charge < -0.3 is 15.4 Å². The summed E-state index contributed by atoms with van der Waals surface area (Å²) >= 11 is 0. The third kappa shape index (κ3) is 4.44. The number of ether oxygens (including phenoxy) is 1. The first-order valence-corrected chi connectivity index (χ1v) is 7.37. The SMILES string of the molecule is COc1cccc(CNC(=O)CN2CCNCC2(C)C)c1. The highest BCUT2D eigenvalue weighted by atomic mass is 16.5. The lowest BCUT2D eigenvalue weighted by Crippen LogP contribution is -2.59. The van der Waals surface area contributed by atoms with Gasteiger partial charge in [-0.15, -0.1) is 0 Å². The molecule has 0 spiro atoms. The van der Waals surface area contributed by atoms with Gasteiger partial charge in [-0.2, -0.15) is 0 Å². The Labute approximate surface area is 126 Å². The molecule has 1 amide bonds. The fraction of sp³-hybridized carbons (Fsp3) is 0.562. The second-order valence-corrected chi connectivity index (χ2v) is 6.04. The standard InChI is InChI=1S/C16H25N3O2/c1-16(2)12-17-7-8-19(16)11-15(20)18-10-13-5-4-6-14(9-13)21-3/h4-6,9,17H,7-8,10-12H2,1-3H3,(H,18,20). The van der Waals surface area contributed by atoms with Crippen molar-refractivity contribution >= 4 is 5.91 Å². The summed E-state index contributed by atoms with van der Waals surface area (Å²) in [5.74, 6) is 0.873. The maximum Gasteiger partial charge on any atom is 0.234 e. The van der Waals surface area contributed by atoms with Gasteiger partial charge in [0.15, 0.2) is 0 Å². The molecule has 1 aromatic rings. The Hall–Kier alpha value is -1.59. The van der Waals surface area contributed by atoms with Gasteiger partial charge in [0.1, 0.15) is 5.75 Å². The molecule has 0 bridgehead atoms. The fourth-order valence-corrected chi connectivity index (χ4v) is 2.53. The molecule has 0 aliphatic carbocycles. The Morgan fingerprint density at radius 3 is 3.00 bits per heavy atom. The third-order valence-corrected chi connectivity index (χ3v) is 3.93. The number of hydrogen-bond acceptors (Lipinski definition) is 4. The molecule has 2 rings (SSSR count). The van der Waals surface area contributed by atoms with Crippen LogP contribution in [0.4, 0.5) is 0 Å². The Bertz CT molecular complexity index is 488. The largest absolute Gasteiger partial charge is 0.497 e. The summed E-state index contributed by atoms with van der Waals surface area (Å²) in [7, 11) is 1.64. The minimum Gasteiger partial charge on any atom is -0.497 e. The Balaban J connectivity index is 1.84. The number of rotatable bonds is 5. The molecule has 21 heavy (non-hydrogen) atoms. The monoisotopic (exact) mass is 291 g/mol. The zero-order valence-electron chi connectivity index (χ0n) is 13.1. The molecule has 1 aliphatic heterocycles. The van der Waals surface area contributed by atoms with Crippen molar-refractivity contribution in [3.05, 3.63) is 29.8 Å². The Morgan fingerprint density at radius 2 is 2.29 bits per heavy atom. The van der Waals surface area contributed by atoms with Crippen molar-refractivity contribution in [3.8, 4) is 5.75 Å². The predicted molar refractivity (Wildman–Crippen MR) is 83.4 cm³/mol. The number of hydrogen-bond donors (Lipinski definition) is 2. The molecule has 1 heterocycles. The maximum atomic E-state index is 12.1. The van der Waals surface area contributed by atoms with Crippen LogP contribution < -0.4 is 15.4 Å². The van der Waals surface area contributed by atoms with E-state index in [2.05, 4.69) is 29.4 Å². The van der Waals surface area contributed by atoms with Crippen LogP contribution in [0.15, 0.2) is 24.3 Å². The molecule has 0 radical (unpaired) electrons. The van der Waals surface area contributed by atoms with E-state index < -0.39 is 0 Å². The topological polar surface area (TPSA) is 53.6 Å². The normalized spacial score (nSPS) is 18.2. The second kappa shape index (κ2) is 6.91. The molecule has 116 valence electrons. The number of carbonyl (C=O) groups excluding carboxylic acids is 1. The number of benzene rings is 1. The van der Waals surface area contributed by atoms with E-state index in [-0.39, 0.29) is 11.4 Å². The summed E-state index contributed by atoms with van der Waals surface area (Å²) < 4.78 is 5.18. The van der Waals surface area contributed by atoms with Crippen molar-refractivity contribution in [1.82, 2.24) is 15.5 Å². The van der Waals surface area contributed by atoms with E-state index in [1.807, 2.05) is 24.3 Å². The molecule has 0 unspecified atom stereocenters. The quantitative estimate of drug-likeness (QED) is 0.850. The highest BCUT2D eigenvalue weighted by molar-refractivity contribution is 5.78. The van der Waals surface area contributed by atoms with Gasteiger partial charge in [0.05, 0.1) is 13.7 Å². The van der Waals surface area contributed by atoms with Gasteiger partial charge in [0.2, 0.25) is 5.91 Å². The lowest BCUT2D eigenvalue weighted by molar-refractivity contribution is -0.124. The fourth-order valence-electron chi connectivity index (χ4n) is 2.53. The van der Waals surface area contributed by atoms with Crippen LogP contribution in [0.5, 0.6) is 5.75 Å². The molecule has 1 saturated heterocycles. The predicted octanol–water partition coefficient (Wildman–Crippen LogP) is 0.995. The maximum absolute atomic E-state index is 12.1. The van der Waals surface area contributed by atoms with E-state index in [0.717, 1.165) is 30.9 Å². The molecule has 1 fully saturated rings. The molecule has 2 N–H and O–H groups in total. The first-order chi connectivity index (χ1) is 10.0.